The molecule has 19 heavy (non-hydrogen) atoms. The highest BCUT2D eigenvalue weighted by molar-refractivity contribution is 7.96. The summed E-state index contributed by atoms with van der Waals surface area (Å²) < 4.78 is 0. The van der Waals surface area contributed by atoms with Gasteiger partial charge in [0.2, 0.25) is 5.91 Å². The van der Waals surface area contributed by atoms with Crippen LogP contribution in [-0.2, 0) is 4.79 Å². The predicted molar refractivity (Wildman–Crippen MR) is 86.7 cm³/mol. The van der Waals surface area contributed by atoms with Crippen LogP contribution in [-0.4, -0.2) is 22.9 Å². The van der Waals surface area contributed by atoms with Crippen LogP contribution in [0.5, 0.6) is 0 Å². The molecule has 8 heteroatoms. The van der Waals surface area contributed by atoms with Crippen molar-refractivity contribution in [2.45, 2.75) is 47.0 Å². The van der Waals surface area contributed by atoms with Crippen LogP contribution in [0.1, 0.15) is 47.0 Å². The van der Waals surface area contributed by atoms with E-state index in [-0.39, 0.29) is 11.1 Å². The normalized spacial score (nSPS) is 7.26. The minimum Gasteiger partial charge on any atom is -0.370 e. The van der Waals surface area contributed by atoms with Crippen LogP contribution >= 0.6 is 25.3 Å². The van der Waals surface area contributed by atoms with E-state index >= 15 is 0 Å². The van der Waals surface area contributed by atoms with Gasteiger partial charge in [-0.15, -0.1) is 0 Å². The van der Waals surface area contributed by atoms with E-state index in [4.69, 9.17) is 4.79 Å². The van der Waals surface area contributed by atoms with Crippen LogP contribution in [0.4, 0.5) is 9.59 Å². The first-order chi connectivity index (χ1) is 8.77. The van der Waals surface area contributed by atoms with Gasteiger partial charge in [0.15, 0.2) is 0 Å². The van der Waals surface area contributed by atoms with E-state index in [1.54, 1.807) is 6.92 Å². The first kappa shape index (κ1) is 26.6. The monoisotopic (exact) mass is 313 g/mol. The summed E-state index contributed by atoms with van der Waals surface area (Å²) in [7, 11) is 0. The number of unbranched alkanes of at least 4 members (excludes halogenated alkanes) is 1. The van der Waals surface area contributed by atoms with Crippen molar-refractivity contribution in [2.75, 3.05) is 6.54 Å². The molecule has 6 nitrogen and oxygen atoms in total. The summed E-state index contributed by atoms with van der Waals surface area (Å²) in [5, 5.41) is 1.70. The molecule has 0 aromatic heterocycles. The minimum absolute atomic E-state index is 0.238. The van der Waals surface area contributed by atoms with Crippen molar-refractivity contribution < 1.29 is 14.4 Å². The molecule has 0 unspecified atom stereocenters. The van der Waals surface area contributed by atoms with Crippen LogP contribution in [0.2, 0.25) is 0 Å². The molecule has 3 amide bonds. The van der Waals surface area contributed by atoms with Gasteiger partial charge in [0.25, 0.3) is 10.5 Å². The number of nitrogens with two attached hydrogens (primary N) is 2. The first-order valence-corrected chi connectivity index (χ1v) is 6.90. The number of amides is 3. The van der Waals surface area contributed by atoms with Gasteiger partial charge < -0.3 is 16.8 Å². The van der Waals surface area contributed by atoms with Crippen molar-refractivity contribution in [1.29, 1.82) is 0 Å². The van der Waals surface area contributed by atoms with Crippen LogP contribution in [0, 0.1) is 0 Å². The third kappa shape index (κ3) is 105. The number of nitrogens with one attached hydrogen (secondary N) is 1. The molecule has 0 aliphatic heterocycles. The van der Waals surface area contributed by atoms with Gasteiger partial charge >= 0.3 is 0 Å². The Hall–Kier alpha value is -0.890. The van der Waals surface area contributed by atoms with Crippen molar-refractivity contribution in [1.82, 2.24) is 5.32 Å². The lowest BCUT2D eigenvalue weighted by atomic mass is 10.3. The maximum absolute atomic E-state index is 10.1. The summed E-state index contributed by atoms with van der Waals surface area (Å²) >= 11 is 6.63. The molecule has 5 N–H and O–H groups in total. The molecule has 0 rings (SSSR count). The van der Waals surface area contributed by atoms with E-state index in [9.17, 15) is 9.59 Å². The Kier molecular flexibility index (Phi) is 36.2. The topological polar surface area (TPSA) is 115 Å². The molecule has 0 bridgehead atoms. The third-order valence-corrected chi connectivity index (χ3v) is 1.31. The van der Waals surface area contributed by atoms with Gasteiger partial charge in [-0.05, 0) is 6.42 Å². The number of carbonyl (C=O) groups is 3. The quantitative estimate of drug-likeness (QED) is 0.405. The van der Waals surface area contributed by atoms with E-state index < -0.39 is 5.24 Å². The van der Waals surface area contributed by atoms with Gasteiger partial charge in [0, 0.05) is 13.0 Å². The van der Waals surface area contributed by atoms with Gasteiger partial charge in [-0.25, -0.2) is 0 Å². The van der Waals surface area contributed by atoms with Gasteiger partial charge in [0.05, 0.1) is 0 Å². The van der Waals surface area contributed by atoms with Crippen molar-refractivity contribution >= 4 is 41.6 Å². The van der Waals surface area contributed by atoms with Crippen molar-refractivity contribution in [2.24, 2.45) is 11.5 Å². The summed E-state index contributed by atoms with van der Waals surface area (Å²) in [4.78, 5) is 28.7. The molecule has 0 spiro atoms. The maximum atomic E-state index is 10.1. The first-order valence-electron chi connectivity index (χ1n) is 6.01. The minimum atomic E-state index is -0.639. The number of thiol groups is 2. The number of rotatable bonds is 4. The molecule has 0 radical (unpaired) electrons. The summed E-state index contributed by atoms with van der Waals surface area (Å²) in [5.74, 6) is -0.245. The fraction of sp³-hybridized carbons (Fsp3) is 0.727. The average Bonchev–Trinajstić information content (AvgIpc) is 2.31. The van der Waals surface area contributed by atoms with E-state index in [0.717, 1.165) is 19.4 Å². The van der Waals surface area contributed by atoms with Crippen LogP contribution in [0.25, 0.3) is 0 Å². The highest BCUT2D eigenvalue weighted by Gasteiger charge is 1.86. The third-order valence-electron chi connectivity index (χ3n) is 1.16. The Morgan fingerprint density at radius 1 is 1.05 bits per heavy atom. The Balaban J connectivity index is -0.0000000886. The second-order valence-electron chi connectivity index (χ2n) is 2.74. The standard InChI is InChI=1S/C5H11NOS.C3H7NO.C2H6.CH3NOS/c1-2-3-4-6-5(7)8;1-2-3(4)5;1-2;2-1(3)4/h2-4H2,1H3,(H2,6,7,8);2H2,1H3,(H2,4,5);1-2H3;(H3,2,3,4). The fourth-order valence-corrected chi connectivity index (χ4v) is 0.484. The average molecular weight is 313 g/mol. The fourth-order valence-electron chi connectivity index (χ4n) is 0.372. The van der Waals surface area contributed by atoms with Gasteiger partial charge in [-0.3, -0.25) is 14.4 Å². The Bertz CT molecular complexity index is 223. The van der Waals surface area contributed by atoms with Gasteiger partial charge in [-0.2, -0.15) is 0 Å². The van der Waals surface area contributed by atoms with E-state index in [0.29, 0.717) is 6.42 Å². The molecule has 0 saturated carbocycles. The Morgan fingerprint density at radius 2 is 1.37 bits per heavy atom. The molecule has 0 aliphatic rings. The second kappa shape index (κ2) is 25.8. The summed E-state index contributed by atoms with van der Waals surface area (Å²) in [6.45, 7) is 8.55. The highest BCUT2D eigenvalue weighted by atomic mass is 32.1. The summed E-state index contributed by atoms with van der Waals surface area (Å²) in [6.07, 6.45) is 2.58. The highest BCUT2D eigenvalue weighted by Crippen LogP contribution is 1.83. The molecule has 0 aliphatic carbocycles. The van der Waals surface area contributed by atoms with Crippen molar-refractivity contribution in [3.8, 4) is 0 Å². The lowest BCUT2D eigenvalue weighted by Gasteiger charge is -1.95. The number of hydrogen-bond acceptors (Lipinski definition) is 3. The molecule has 0 saturated heterocycles. The second-order valence-corrected chi connectivity index (χ2v) is 3.59. The number of primary amides is 2. The lowest BCUT2D eigenvalue weighted by molar-refractivity contribution is -0.117. The molecule has 0 fully saturated rings. The number of carbonyl (C=O) groups excluding carboxylic acids is 3. The number of hydrogen-bond donors (Lipinski definition) is 5. The smallest absolute Gasteiger partial charge is 0.275 e. The molecular weight excluding hydrogens is 286 g/mol. The summed E-state index contributed by atoms with van der Waals surface area (Å²) in [6, 6.07) is 0. The largest absolute Gasteiger partial charge is 0.370 e. The maximum Gasteiger partial charge on any atom is 0.275 e. The van der Waals surface area contributed by atoms with Crippen LogP contribution in [0.3, 0.4) is 0 Å². The zero-order valence-electron chi connectivity index (χ0n) is 12.1. The van der Waals surface area contributed by atoms with E-state index in [2.05, 4.69) is 49.0 Å². The lowest BCUT2D eigenvalue weighted by Crippen LogP contribution is -2.17. The van der Waals surface area contributed by atoms with Crippen LogP contribution < -0.4 is 16.8 Å². The van der Waals surface area contributed by atoms with Crippen LogP contribution in [0.15, 0.2) is 0 Å². The van der Waals surface area contributed by atoms with Gasteiger partial charge in [-0.1, -0.05) is 59.4 Å². The van der Waals surface area contributed by atoms with E-state index in [1.807, 2.05) is 13.8 Å². The Morgan fingerprint density at radius 3 is 1.53 bits per heavy atom. The predicted octanol–water partition coefficient (Wildman–Crippen LogP) is 2.33. The molecule has 0 heterocycles. The zero-order valence-corrected chi connectivity index (χ0v) is 13.9. The zero-order chi connectivity index (χ0) is 16.3. The van der Waals surface area contributed by atoms with Gasteiger partial charge in [0.1, 0.15) is 0 Å². The van der Waals surface area contributed by atoms with Crippen molar-refractivity contribution in [3.63, 3.8) is 0 Å². The summed E-state index contributed by atoms with van der Waals surface area (Å²) in [5.41, 5.74) is 8.99. The molecule has 0 aromatic rings. The Labute approximate surface area is 126 Å². The SMILES string of the molecule is CC.CCC(N)=O.CCCCNC(=O)S.NC(=O)S. The molecule has 116 valence electrons. The van der Waals surface area contributed by atoms with E-state index in [1.165, 1.54) is 0 Å². The molecular formula is C11H27N3O3S2. The van der Waals surface area contributed by atoms with Crippen molar-refractivity contribution in [3.05, 3.63) is 0 Å². The molecule has 0 aromatic carbocycles. The molecule has 0 atom stereocenters.